The summed E-state index contributed by atoms with van der Waals surface area (Å²) in [5.74, 6) is -1.58. The summed E-state index contributed by atoms with van der Waals surface area (Å²) in [6.45, 7) is 0. The van der Waals surface area contributed by atoms with E-state index in [9.17, 15) is 14.7 Å². The van der Waals surface area contributed by atoms with Gasteiger partial charge in [0.15, 0.2) is 5.17 Å². The predicted octanol–water partition coefficient (Wildman–Crippen LogP) is 0.0457. The second-order valence-electron chi connectivity index (χ2n) is 3.42. The average molecular weight is 249 g/mol. The summed E-state index contributed by atoms with van der Waals surface area (Å²) in [4.78, 5) is 26.0. The van der Waals surface area contributed by atoms with Crippen LogP contribution in [0.25, 0.3) is 0 Å². The highest BCUT2D eigenvalue weighted by Crippen LogP contribution is 2.24. The van der Waals surface area contributed by atoms with Crippen LogP contribution in [0.5, 0.6) is 0 Å². The lowest BCUT2D eigenvalue weighted by molar-refractivity contribution is -0.305. The second kappa shape index (κ2) is 5.01. The first-order valence-corrected chi connectivity index (χ1v) is 5.84. The van der Waals surface area contributed by atoms with E-state index in [2.05, 4.69) is 10.3 Å². The molecular weight excluding hydrogens is 240 g/mol. The molecule has 0 saturated carbocycles. The zero-order valence-corrected chi connectivity index (χ0v) is 9.57. The molecular formula is C11H9N2O3S-. The van der Waals surface area contributed by atoms with Crippen molar-refractivity contribution in [1.29, 1.82) is 0 Å². The van der Waals surface area contributed by atoms with Gasteiger partial charge in [-0.15, -0.1) is 0 Å². The first-order valence-electron chi connectivity index (χ1n) is 4.96. The van der Waals surface area contributed by atoms with Crippen LogP contribution in [0.3, 0.4) is 0 Å². The molecule has 0 aliphatic carbocycles. The molecule has 1 heterocycles. The standard InChI is InChI=1S/C11H10N2O3S/c14-9(15)6-8-10(16)13-11(17-8)12-7-4-2-1-3-5-7/h1-5,8H,6H2,(H,14,15)(H,12,13,16)/p-1/t8-/m0/s1. The van der Waals surface area contributed by atoms with E-state index in [1.54, 1.807) is 12.1 Å². The number of rotatable bonds is 3. The Kier molecular flexibility index (Phi) is 3.43. The molecule has 5 nitrogen and oxygen atoms in total. The number of carboxylic acid groups (broad SMARTS) is 1. The molecule has 1 aliphatic heterocycles. The number of benzene rings is 1. The lowest BCUT2D eigenvalue weighted by atomic mass is 10.3. The van der Waals surface area contributed by atoms with Crippen LogP contribution in [0.2, 0.25) is 0 Å². The van der Waals surface area contributed by atoms with Crippen LogP contribution < -0.4 is 10.4 Å². The maximum Gasteiger partial charge on any atom is 0.239 e. The third-order valence-electron chi connectivity index (χ3n) is 2.12. The van der Waals surface area contributed by atoms with Crippen LogP contribution in [-0.2, 0) is 9.59 Å². The smallest absolute Gasteiger partial charge is 0.239 e. The van der Waals surface area contributed by atoms with Gasteiger partial charge >= 0.3 is 0 Å². The maximum atomic E-state index is 11.4. The molecule has 1 N–H and O–H groups in total. The fourth-order valence-corrected chi connectivity index (χ4v) is 2.34. The zero-order chi connectivity index (χ0) is 12.3. The Morgan fingerprint density at radius 1 is 1.41 bits per heavy atom. The average Bonchev–Trinajstić information content (AvgIpc) is 2.59. The van der Waals surface area contributed by atoms with E-state index in [1.807, 2.05) is 18.2 Å². The van der Waals surface area contributed by atoms with Crippen molar-refractivity contribution >= 4 is 34.5 Å². The van der Waals surface area contributed by atoms with Gasteiger partial charge in [-0.05, 0) is 12.1 Å². The first kappa shape index (κ1) is 11.7. The zero-order valence-electron chi connectivity index (χ0n) is 8.75. The third-order valence-corrected chi connectivity index (χ3v) is 3.20. The van der Waals surface area contributed by atoms with Crippen LogP contribution in [0, 0.1) is 0 Å². The number of nitrogens with zero attached hydrogens (tertiary/aromatic N) is 1. The summed E-state index contributed by atoms with van der Waals surface area (Å²) in [5.41, 5.74) is 0.712. The Hall–Kier alpha value is -1.82. The molecule has 88 valence electrons. The van der Waals surface area contributed by atoms with Crippen molar-refractivity contribution < 1.29 is 14.7 Å². The van der Waals surface area contributed by atoms with E-state index in [0.717, 1.165) is 11.8 Å². The van der Waals surface area contributed by atoms with Gasteiger partial charge in [0, 0.05) is 12.4 Å². The monoisotopic (exact) mass is 249 g/mol. The van der Waals surface area contributed by atoms with Crippen molar-refractivity contribution in [3.8, 4) is 0 Å². The lowest BCUT2D eigenvalue weighted by Gasteiger charge is -2.04. The SMILES string of the molecule is O=C([O-])C[C@@H]1SC(=Nc2ccccc2)NC1=O. The third kappa shape index (κ3) is 3.07. The van der Waals surface area contributed by atoms with E-state index in [1.165, 1.54) is 0 Å². The molecule has 1 fully saturated rings. The molecule has 1 saturated heterocycles. The number of thioether (sulfide) groups is 1. The molecule has 1 aromatic rings. The highest BCUT2D eigenvalue weighted by Gasteiger charge is 2.30. The fourth-order valence-electron chi connectivity index (χ4n) is 1.36. The molecule has 1 aliphatic rings. The van der Waals surface area contributed by atoms with Crippen LogP contribution in [0.4, 0.5) is 5.69 Å². The van der Waals surface area contributed by atoms with Crippen molar-refractivity contribution in [2.75, 3.05) is 0 Å². The number of amidine groups is 1. The minimum atomic E-state index is -1.24. The molecule has 17 heavy (non-hydrogen) atoms. The lowest BCUT2D eigenvalue weighted by Crippen LogP contribution is -2.31. The van der Waals surface area contributed by atoms with Crippen LogP contribution in [-0.4, -0.2) is 22.3 Å². The van der Waals surface area contributed by atoms with E-state index in [4.69, 9.17) is 0 Å². The normalized spacial score (nSPS) is 21.5. The van der Waals surface area contributed by atoms with Gasteiger partial charge in [-0.2, -0.15) is 0 Å². The number of carboxylic acids is 1. The van der Waals surface area contributed by atoms with Crippen molar-refractivity contribution in [3.05, 3.63) is 30.3 Å². The van der Waals surface area contributed by atoms with E-state index in [0.29, 0.717) is 10.9 Å². The topological polar surface area (TPSA) is 81.6 Å². The predicted molar refractivity (Wildman–Crippen MR) is 62.7 cm³/mol. The van der Waals surface area contributed by atoms with Gasteiger partial charge in [0.25, 0.3) is 0 Å². The van der Waals surface area contributed by atoms with E-state index < -0.39 is 11.2 Å². The Morgan fingerprint density at radius 2 is 2.12 bits per heavy atom. The Labute approximate surface area is 102 Å². The number of amides is 1. The summed E-state index contributed by atoms with van der Waals surface area (Å²) in [5, 5.41) is 12.7. The summed E-state index contributed by atoms with van der Waals surface area (Å²) >= 11 is 1.11. The molecule has 0 unspecified atom stereocenters. The molecule has 0 bridgehead atoms. The van der Waals surface area contributed by atoms with E-state index in [-0.39, 0.29) is 12.3 Å². The van der Waals surface area contributed by atoms with Crippen LogP contribution in [0.15, 0.2) is 35.3 Å². The number of carbonyl (C=O) groups is 2. The van der Waals surface area contributed by atoms with Crippen molar-refractivity contribution in [2.45, 2.75) is 11.7 Å². The van der Waals surface area contributed by atoms with Gasteiger partial charge in [-0.3, -0.25) is 4.79 Å². The van der Waals surface area contributed by atoms with Crippen LogP contribution >= 0.6 is 11.8 Å². The highest BCUT2D eigenvalue weighted by atomic mass is 32.2. The minimum Gasteiger partial charge on any atom is -0.550 e. The van der Waals surface area contributed by atoms with Crippen molar-refractivity contribution in [1.82, 2.24) is 5.32 Å². The maximum absolute atomic E-state index is 11.4. The molecule has 0 spiro atoms. The summed E-state index contributed by atoms with van der Waals surface area (Å²) < 4.78 is 0. The molecule has 6 heteroatoms. The second-order valence-corrected chi connectivity index (χ2v) is 4.62. The number of aliphatic carboxylic acids is 1. The van der Waals surface area contributed by atoms with Gasteiger partial charge in [0.05, 0.1) is 10.9 Å². The Bertz CT molecular complexity index is 473. The Morgan fingerprint density at radius 3 is 2.76 bits per heavy atom. The number of carbonyl (C=O) groups excluding carboxylic acids is 2. The number of para-hydroxylation sites is 1. The molecule has 0 aromatic heterocycles. The molecule has 0 radical (unpaired) electrons. The summed E-state index contributed by atoms with van der Waals surface area (Å²) in [7, 11) is 0. The summed E-state index contributed by atoms with van der Waals surface area (Å²) in [6.07, 6.45) is -0.301. The van der Waals surface area contributed by atoms with Gasteiger partial charge in [-0.1, -0.05) is 30.0 Å². The first-order chi connectivity index (χ1) is 8.15. The van der Waals surface area contributed by atoms with E-state index >= 15 is 0 Å². The number of hydrogen-bond acceptors (Lipinski definition) is 5. The largest absolute Gasteiger partial charge is 0.550 e. The fraction of sp³-hybridized carbons (Fsp3) is 0.182. The number of aliphatic imine (C=N–C) groups is 1. The highest BCUT2D eigenvalue weighted by molar-refractivity contribution is 8.15. The van der Waals surface area contributed by atoms with Gasteiger partial charge in [-0.25, -0.2) is 4.99 Å². The van der Waals surface area contributed by atoms with Gasteiger partial charge in [0.2, 0.25) is 5.91 Å². The van der Waals surface area contributed by atoms with Crippen molar-refractivity contribution in [3.63, 3.8) is 0 Å². The Balaban J connectivity index is 2.08. The van der Waals surface area contributed by atoms with Gasteiger partial charge in [0.1, 0.15) is 0 Å². The molecule has 2 rings (SSSR count). The number of hydrogen-bond donors (Lipinski definition) is 1. The minimum absolute atomic E-state index is 0.301. The molecule has 1 amide bonds. The molecule has 1 atom stereocenters. The quantitative estimate of drug-likeness (QED) is 0.820. The molecule has 1 aromatic carbocycles. The summed E-state index contributed by atoms with van der Waals surface area (Å²) in [6, 6.07) is 9.12. The van der Waals surface area contributed by atoms with Gasteiger partial charge < -0.3 is 15.2 Å². The van der Waals surface area contributed by atoms with Crippen LogP contribution in [0.1, 0.15) is 6.42 Å². The van der Waals surface area contributed by atoms with Crippen molar-refractivity contribution in [2.24, 2.45) is 4.99 Å². The number of nitrogens with one attached hydrogen (secondary N) is 1.